The van der Waals surface area contributed by atoms with E-state index in [1.54, 1.807) is 41.1 Å². The molecule has 38 heavy (non-hydrogen) atoms. The molecule has 1 amide bonds. The van der Waals surface area contributed by atoms with Crippen molar-refractivity contribution in [1.82, 2.24) is 14.5 Å². The van der Waals surface area contributed by atoms with Crippen LogP contribution >= 0.6 is 0 Å². The summed E-state index contributed by atoms with van der Waals surface area (Å²) in [5.74, 6) is 0.886. The zero-order valence-electron chi connectivity index (χ0n) is 20.7. The molecule has 0 radical (unpaired) electrons. The van der Waals surface area contributed by atoms with Crippen molar-refractivity contribution in [2.24, 2.45) is 0 Å². The van der Waals surface area contributed by atoms with Crippen molar-refractivity contribution in [2.75, 3.05) is 6.79 Å². The number of carbonyl (C=O) groups excluding carboxylic acids is 1. The van der Waals surface area contributed by atoms with Crippen LogP contribution in [0.1, 0.15) is 40.0 Å². The minimum absolute atomic E-state index is 0.00600. The molecule has 6 rings (SSSR count). The molecule has 1 fully saturated rings. The second-order valence-corrected chi connectivity index (χ2v) is 11.5. The van der Waals surface area contributed by atoms with E-state index in [1.165, 1.54) is 0 Å². The largest absolute Gasteiger partial charge is 0.454 e. The van der Waals surface area contributed by atoms with Gasteiger partial charge in [-0.3, -0.25) is 4.79 Å². The SMILES string of the molecule is O=C(c1ccc2c(c1)OCO2)N(Cc1cnc(S(=O)(=O)Cc2ccccc2)n1Cc1ccccc1)C1CC1. The molecular weight excluding hydrogens is 502 g/mol. The Labute approximate surface area is 221 Å². The average Bonchev–Trinajstić information content (AvgIpc) is 3.52. The molecule has 0 bridgehead atoms. The van der Waals surface area contributed by atoms with Crippen molar-refractivity contribution >= 4 is 15.7 Å². The fourth-order valence-corrected chi connectivity index (χ4v) is 6.17. The molecular formula is C29H27N3O5S. The molecule has 8 nitrogen and oxygen atoms in total. The maximum absolute atomic E-state index is 13.6. The molecule has 194 valence electrons. The molecule has 4 aromatic rings. The standard InChI is InChI=1S/C29H27N3O5S/c33-28(23-11-14-26-27(15-23)37-20-36-26)31(24-12-13-24)18-25-16-30-29(32(25)17-21-7-3-1-4-8-21)38(34,35)19-22-9-5-2-6-10-22/h1-11,14-16,24H,12-13,17-20H2. The van der Waals surface area contributed by atoms with Crippen LogP contribution in [0.4, 0.5) is 0 Å². The number of amides is 1. The van der Waals surface area contributed by atoms with Gasteiger partial charge in [-0.15, -0.1) is 0 Å². The van der Waals surface area contributed by atoms with Gasteiger partial charge < -0.3 is 18.9 Å². The summed E-state index contributed by atoms with van der Waals surface area (Å²) in [6, 6.07) is 24.0. The van der Waals surface area contributed by atoms with Crippen LogP contribution in [0.15, 0.2) is 90.2 Å². The maximum Gasteiger partial charge on any atom is 0.254 e. The van der Waals surface area contributed by atoms with Gasteiger partial charge in [-0.1, -0.05) is 60.7 Å². The van der Waals surface area contributed by atoms with Crippen LogP contribution in [-0.2, 0) is 28.7 Å². The van der Waals surface area contributed by atoms with E-state index in [9.17, 15) is 13.2 Å². The van der Waals surface area contributed by atoms with Gasteiger partial charge in [0.2, 0.25) is 21.8 Å². The molecule has 0 saturated heterocycles. The Morgan fingerprint density at radius 2 is 1.61 bits per heavy atom. The lowest BCUT2D eigenvalue weighted by molar-refractivity contribution is 0.0725. The smallest absolute Gasteiger partial charge is 0.254 e. The molecule has 3 aromatic carbocycles. The van der Waals surface area contributed by atoms with Gasteiger partial charge in [-0.2, -0.15) is 0 Å². The predicted molar refractivity (Wildman–Crippen MR) is 141 cm³/mol. The van der Waals surface area contributed by atoms with Crippen molar-refractivity contribution in [2.45, 2.75) is 42.9 Å². The highest BCUT2D eigenvalue weighted by Crippen LogP contribution is 2.35. The van der Waals surface area contributed by atoms with E-state index in [4.69, 9.17) is 9.47 Å². The van der Waals surface area contributed by atoms with Gasteiger partial charge in [0.15, 0.2) is 11.5 Å². The highest BCUT2D eigenvalue weighted by molar-refractivity contribution is 7.90. The third-order valence-electron chi connectivity index (χ3n) is 6.76. The van der Waals surface area contributed by atoms with Crippen LogP contribution in [0.3, 0.4) is 0 Å². The number of nitrogens with zero attached hydrogens (tertiary/aromatic N) is 3. The van der Waals surface area contributed by atoms with Gasteiger partial charge in [0, 0.05) is 11.6 Å². The van der Waals surface area contributed by atoms with Gasteiger partial charge in [-0.25, -0.2) is 13.4 Å². The molecule has 1 aliphatic carbocycles. The highest BCUT2D eigenvalue weighted by Gasteiger charge is 2.35. The van der Waals surface area contributed by atoms with E-state index in [2.05, 4.69) is 4.98 Å². The molecule has 9 heteroatoms. The second-order valence-electron chi connectivity index (χ2n) is 9.58. The molecule has 0 N–H and O–H groups in total. The normalized spacial score (nSPS) is 14.4. The first-order valence-corrected chi connectivity index (χ1v) is 14.2. The summed E-state index contributed by atoms with van der Waals surface area (Å²) in [6.45, 7) is 0.715. The lowest BCUT2D eigenvalue weighted by Gasteiger charge is -2.24. The van der Waals surface area contributed by atoms with E-state index < -0.39 is 9.84 Å². The second kappa shape index (κ2) is 9.98. The lowest BCUT2D eigenvalue weighted by atomic mass is 10.1. The third kappa shape index (κ3) is 5.02. The summed E-state index contributed by atoms with van der Waals surface area (Å²) in [4.78, 5) is 19.8. The van der Waals surface area contributed by atoms with Gasteiger partial charge in [0.1, 0.15) is 0 Å². The summed E-state index contributed by atoms with van der Waals surface area (Å²) in [7, 11) is -3.74. The van der Waals surface area contributed by atoms with E-state index in [-0.39, 0.29) is 36.2 Å². The molecule has 2 aliphatic rings. The molecule has 0 unspecified atom stereocenters. The quantitative estimate of drug-likeness (QED) is 0.319. The number of rotatable bonds is 9. The Morgan fingerprint density at radius 3 is 2.32 bits per heavy atom. The number of aromatic nitrogens is 2. The van der Waals surface area contributed by atoms with Crippen LogP contribution in [0.5, 0.6) is 11.5 Å². The molecule has 2 heterocycles. The Bertz CT molecular complexity index is 1560. The van der Waals surface area contributed by atoms with E-state index in [0.717, 1.165) is 18.4 Å². The Balaban J connectivity index is 1.34. The van der Waals surface area contributed by atoms with E-state index >= 15 is 0 Å². The topological polar surface area (TPSA) is 90.7 Å². The third-order valence-corrected chi connectivity index (χ3v) is 8.36. The zero-order valence-corrected chi connectivity index (χ0v) is 21.5. The fraction of sp³-hybridized carbons (Fsp3) is 0.241. The lowest BCUT2D eigenvalue weighted by Crippen LogP contribution is -2.33. The van der Waals surface area contributed by atoms with Gasteiger partial charge in [0.25, 0.3) is 5.91 Å². The first-order chi connectivity index (χ1) is 18.5. The van der Waals surface area contributed by atoms with Gasteiger partial charge in [-0.05, 0) is 42.2 Å². The van der Waals surface area contributed by atoms with Crippen LogP contribution in [-0.4, -0.2) is 41.6 Å². The van der Waals surface area contributed by atoms with Crippen LogP contribution < -0.4 is 9.47 Å². The van der Waals surface area contributed by atoms with Crippen molar-refractivity contribution < 1.29 is 22.7 Å². The predicted octanol–water partition coefficient (Wildman–Crippen LogP) is 4.44. The van der Waals surface area contributed by atoms with Crippen molar-refractivity contribution in [3.05, 3.63) is 107 Å². The van der Waals surface area contributed by atoms with Crippen molar-refractivity contribution in [1.29, 1.82) is 0 Å². The minimum atomic E-state index is -3.74. The van der Waals surface area contributed by atoms with Crippen LogP contribution in [0.2, 0.25) is 0 Å². The first-order valence-electron chi connectivity index (χ1n) is 12.5. The van der Waals surface area contributed by atoms with Crippen molar-refractivity contribution in [3.8, 4) is 11.5 Å². The van der Waals surface area contributed by atoms with Gasteiger partial charge in [0.05, 0.1) is 30.7 Å². The summed E-state index contributed by atoms with van der Waals surface area (Å²) >= 11 is 0. The van der Waals surface area contributed by atoms with E-state index in [0.29, 0.717) is 34.9 Å². The number of sulfone groups is 1. The minimum Gasteiger partial charge on any atom is -0.454 e. The number of imidazole rings is 1. The average molecular weight is 530 g/mol. The fourth-order valence-electron chi connectivity index (χ4n) is 4.68. The number of fused-ring (bicyclic) bond motifs is 1. The number of carbonyl (C=O) groups is 1. The molecule has 1 aliphatic heterocycles. The Kier molecular flexibility index (Phi) is 6.37. The van der Waals surface area contributed by atoms with E-state index in [1.807, 2.05) is 53.4 Å². The summed E-state index contributed by atoms with van der Waals surface area (Å²) in [5.41, 5.74) is 2.82. The number of hydrogen-bond donors (Lipinski definition) is 0. The summed E-state index contributed by atoms with van der Waals surface area (Å²) < 4.78 is 39.6. The molecule has 1 saturated carbocycles. The maximum atomic E-state index is 13.6. The summed E-state index contributed by atoms with van der Waals surface area (Å²) in [5, 5.41) is 0.00600. The highest BCUT2D eigenvalue weighted by atomic mass is 32.2. The zero-order chi connectivity index (χ0) is 26.1. The Morgan fingerprint density at radius 1 is 0.921 bits per heavy atom. The molecule has 0 atom stereocenters. The molecule has 1 aromatic heterocycles. The molecule has 0 spiro atoms. The Hall–Kier alpha value is -4.11. The number of hydrogen-bond acceptors (Lipinski definition) is 6. The number of ether oxygens (including phenoxy) is 2. The first kappa shape index (κ1) is 24.2. The van der Waals surface area contributed by atoms with Crippen LogP contribution in [0.25, 0.3) is 0 Å². The van der Waals surface area contributed by atoms with Crippen molar-refractivity contribution in [3.63, 3.8) is 0 Å². The monoisotopic (exact) mass is 529 g/mol. The summed E-state index contributed by atoms with van der Waals surface area (Å²) in [6.07, 6.45) is 3.40. The van der Waals surface area contributed by atoms with Crippen LogP contribution in [0, 0.1) is 0 Å². The number of benzene rings is 3. The van der Waals surface area contributed by atoms with Gasteiger partial charge >= 0.3 is 0 Å².